The van der Waals surface area contributed by atoms with Crippen molar-refractivity contribution in [2.75, 3.05) is 0 Å². The monoisotopic (exact) mass is 378 g/mol. The number of rotatable bonds is 0. The van der Waals surface area contributed by atoms with Gasteiger partial charge in [-0.1, -0.05) is 57.2 Å². The summed E-state index contributed by atoms with van der Waals surface area (Å²) >= 11 is 0. The average molecular weight is 378 g/mol. The molecule has 0 fully saturated rings. The van der Waals surface area contributed by atoms with Crippen LogP contribution in [-0.4, -0.2) is 17.3 Å². The summed E-state index contributed by atoms with van der Waals surface area (Å²) in [4.78, 5) is 40.2. The smallest absolute Gasteiger partial charge is 0.193 e. The zero-order valence-electron chi connectivity index (χ0n) is 16.4. The van der Waals surface area contributed by atoms with Crippen molar-refractivity contribution < 1.29 is 14.4 Å². The van der Waals surface area contributed by atoms with Crippen LogP contribution in [0.4, 0.5) is 0 Å². The summed E-state index contributed by atoms with van der Waals surface area (Å²) in [6.07, 6.45) is 0. The molecule has 0 saturated carbocycles. The van der Waals surface area contributed by atoms with Crippen LogP contribution in [0.3, 0.4) is 0 Å². The number of carbonyl (C=O) groups excluding carboxylic acids is 3. The van der Waals surface area contributed by atoms with Crippen LogP contribution in [0.25, 0.3) is 0 Å². The van der Waals surface area contributed by atoms with Gasteiger partial charge < -0.3 is 0 Å². The summed E-state index contributed by atoms with van der Waals surface area (Å²) in [5.74, 6) is -0.527. The number of carbonyl (C=O) groups is 3. The van der Waals surface area contributed by atoms with Crippen LogP contribution in [0.1, 0.15) is 96.7 Å². The van der Waals surface area contributed by atoms with Crippen LogP contribution in [0.2, 0.25) is 0 Å². The molecule has 3 aromatic carbocycles. The van der Waals surface area contributed by atoms with Crippen molar-refractivity contribution in [3.63, 3.8) is 0 Å². The number of hydrogen-bond acceptors (Lipinski definition) is 3. The molecule has 6 rings (SSSR count). The van der Waals surface area contributed by atoms with E-state index >= 15 is 0 Å². The van der Waals surface area contributed by atoms with E-state index in [9.17, 15) is 14.4 Å². The first-order valence-electron chi connectivity index (χ1n) is 9.87. The van der Waals surface area contributed by atoms with Crippen LogP contribution in [0.5, 0.6) is 0 Å². The SMILES string of the molecule is CC(C)(C)c1cc2c3c(c1)C(=O)c1cccc4c1C3c1c(cccc1C2=O)C4=O. The van der Waals surface area contributed by atoms with Gasteiger partial charge in [0.25, 0.3) is 0 Å². The Balaban J connectivity index is 1.82. The lowest BCUT2D eigenvalue weighted by Gasteiger charge is -2.39. The molecular formula is C26H18O3. The second-order valence-corrected chi connectivity index (χ2v) is 9.19. The zero-order valence-corrected chi connectivity index (χ0v) is 16.4. The molecule has 0 heterocycles. The minimum atomic E-state index is -0.237. The maximum atomic E-state index is 13.5. The lowest BCUT2D eigenvalue weighted by Crippen LogP contribution is -2.35. The predicted octanol–water partition coefficient (Wildman–Crippen LogP) is 4.80. The van der Waals surface area contributed by atoms with E-state index in [0.29, 0.717) is 33.4 Å². The first-order chi connectivity index (χ1) is 13.8. The lowest BCUT2D eigenvalue weighted by atomic mass is 9.61. The molecular weight excluding hydrogens is 360 g/mol. The van der Waals surface area contributed by atoms with Gasteiger partial charge in [-0.2, -0.15) is 0 Å². The van der Waals surface area contributed by atoms with Crippen LogP contribution >= 0.6 is 0 Å². The Morgan fingerprint density at radius 3 is 1.31 bits per heavy atom. The summed E-state index contributed by atoms with van der Waals surface area (Å²) in [5, 5.41) is 0. The Labute approximate surface area is 168 Å². The molecule has 3 heteroatoms. The van der Waals surface area contributed by atoms with Gasteiger partial charge in [0.15, 0.2) is 17.3 Å². The van der Waals surface area contributed by atoms with Crippen molar-refractivity contribution in [1.82, 2.24) is 0 Å². The van der Waals surface area contributed by atoms with Crippen molar-refractivity contribution in [3.8, 4) is 0 Å². The maximum Gasteiger partial charge on any atom is 0.193 e. The molecule has 3 aromatic rings. The fourth-order valence-corrected chi connectivity index (χ4v) is 5.19. The third-order valence-corrected chi connectivity index (χ3v) is 6.59. The first-order valence-corrected chi connectivity index (χ1v) is 9.87. The highest BCUT2D eigenvalue weighted by molar-refractivity contribution is 6.25. The third-order valence-electron chi connectivity index (χ3n) is 6.59. The fraction of sp³-hybridized carbons (Fsp3) is 0.192. The molecule has 0 bridgehead atoms. The van der Waals surface area contributed by atoms with Gasteiger partial charge in [0.2, 0.25) is 0 Å². The minimum Gasteiger partial charge on any atom is -0.289 e. The maximum absolute atomic E-state index is 13.5. The van der Waals surface area contributed by atoms with Crippen molar-refractivity contribution in [2.45, 2.75) is 32.1 Å². The highest BCUT2D eigenvalue weighted by Crippen LogP contribution is 2.52. The summed E-state index contributed by atoms with van der Waals surface area (Å²) in [7, 11) is 0. The van der Waals surface area contributed by atoms with Crippen LogP contribution < -0.4 is 0 Å². The van der Waals surface area contributed by atoms with Gasteiger partial charge in [-0.3, -0.25) is 14.4 Å². The topological polar surface area (TPSA) is 51.2 Å². The molecule has 0 radical (unpaired) electrons. The fourth-order valence-electron chi connectivity index (χ4n) is 5.19. The summed E-state index contributed by atoms with van der Waals surface area (Å²) < 4.78 is 0. The van der Waals surface area contributed by atoms with Crippen LogP contribution in [0.15, 0.2) is 48.5 Å². The van der Waals surface area contributed by atoms with E-state index in [1.807, 2.05) is 24.3 Å². The van der Waals surface area contributed by atoms with Crippen LogP contribution in [0, 0.1) is 0 Å². The molecule has 3 nitrogen and oxygen atoms in total. The van der Waals surface area contributed by atoms with Gasteiger partial charge in [0.1, 0.15) is 0 Å². The van der Waals surface area contributed by atoms with Gasteiger partial charge in [-0.15, -0.1) is 0 Å². The molecule has 3 aliphatic rings. The second kappa shape index (κ2) is 4.98. The summed E-state index contributed by atoms with van der Waals surface area (Å²) in [6.45, 7) is 6.25. The van der Waals surface area contributed by atoms with Crippen molar-refractivity contribution >= 4 is 17.3 Å². The molecule has 3 aliphatic carbocycles. The highest BCUT2D eigenvalue weighted by atomic mass is 16.1. The Kier molecular flexibility index (Phi) is 2.85. The Hall–Kier alpha value is -3.33. The minimum absolute atomic E-state index is 0.0936. The van der Waals surface area contributed by atoms with E-state index in [1.54, 1.807) is 24.3 Å². The van der Waals surface area contributed by atoms with E-state index in [2.05, 4.69) is 20.8 Å². The molecule has 0 amide bonds. The third kappa shape index (κ3) is 1.86. The van der Waals surface area contributed by atoms with E-state index in [1.165, 1.54) is 0 Å². The van der Waals surface area contributed by atoms with E-state index in [0.717, 1.165) is 22.3 Å². The zero-order chi connectivity index (χ0) is 20.2. The molecule has 0 N–H and O–H groups in total. The van der Waals surface area contributed by atoms with Gasteiger partial charge in [0.05, 0.1) is 0 Å². The molecule has 29 heavy (non-hydrogen) atoms. The molecule has 0 spiro atoms. The van der Waals surface area contributed by atoms with E-state index < -0.39 is 0 Å². The Morgan fingerprint density at radius 2 is 0.931 bits per heavy atom. The average Bonchev–Trinajstić information content (AvgIpc) is 2.70. The van der Waals surface area contributed by atoms with Crippen molar-refractivity contribution in [1.29, 1.82) is 0 Å². The quantitative estimate of drug-likeness (QED) is 0.382. The first kappa shape index (κ1) is 16.6. The number of benzene rings is 3. The highest BCUT2D eigenvalue weighted by Gasteiger charge is 2.46. The molecule has 0 aliphatic heterocycles. The van der Waals surface area contributed by atoms with Crippen molar-refractivity contribution in [2.24, 2.45) is 0 Å². The van der Waals surface area contributed by atoms with E-state index in [-0.39, 0.29) is 28.7 Å². The summed E-state index contributed by atoms with van der Waals surface area (Å²) in [6, 6.07) is 14.7. The van der Waals surface area contributed by atoms with Gasteiger partial charge >= 0.3 is 0 Å². The Morgan fingerprint density at radius 1 is 0.586 bits per heavy atom. The van der Waals surface area contributed by atoms with Gasteiger partial charge in [-0.05, 0) is 39.8 Å². The van der Waals surface area contributed by atoms with Crippen LogP contribution in [-0.2, 0) is 5.41 Å². The predicted molar refractivity (Wildman–Crippen MR) is 109 cm³/mol. The standard InChI is InChI=1S/C26H18O3/c1-26(2,3)12-10-17-21-18(11-12)25(29)16-9-5-7-14-20(16)22(21)19-13(23(14)27)6-4-8-15(19)24(17)28/h4-11,22H,1-3H3. The van der Waals surface area contributed by atoms with Gasteiger partial charge in [0, 0.05) is 39.3 Å². The largest absolute Gasteiger partial charge is 0.289 e. The van der Waals surface area contributed by atoms with E-state index in [4.69, 9.17) is 0 Å². The molecule has 0 saturated heterocycles. The molecule has 0 unspecified atom stereocenters. The number of ketones is 3. The second-order valence-electron chi connectivity index (χ2n) is 9.19. The Bertz CT molecular complexity index is 1240. The molecule has 0 atom stereocenters. The normalized spacial score (nSPS) is 16.2. The van der Waals surface area contributed by atoms with Crippen molar-refractivity contribution in [3.05, 3.63) is 104 Å². The molecule has 0 aromatic heterocycles. The number of hydrogen-bond donors (Lipinski definition) is 0. The summed E-state index contributed by atoms with van der Waals surface area (Å²) in [5.41, 5.74) is 6.63. The lowest BCUT2D eigenvalue weighted by molar-refractivity contribution is 0.102. The molecule has 140 valence electrons. The van der Waals surface area contributed by atoms with Gasteiger partial charge in [-0.25, -0.2) is 0 Å².